The second kappa shape index (κ2) is 9.28. The third-order valence-corrected chi connectivity index (χ3v) is 4.82. The van der Waals surface area contributed by atoms with E-state index in [4.69, 9.17) is 14.4 Å². The van der Waals surface area contributed by atoms with Crippen LogP contribution in [0.3, 0.4) is 0 Å². The van der Waals surface area contributed by atoms with Gasteiger partial charge in [-0.2, -0.15) is 5.26 Å². The molecule has 0 fully saturated rings. The molecule has 3 aromatic rings. The Morgan fingerprint density at radius 3 is 2.90 bits per heavy atom. The predicted molar refractivity (Wildman–Crippen MR) is 103 cm³/mol. The Labute approximate surface area is 173 Å². The van der Waals surface area contributed by atoms with Gasteiger partial charge in [-0.1, -0.05) is 0 Å². The maximum Gasteiger partial charge on any atom is 0.307 e. The van der Waals surface area contributed by atoms with Gasteiger partial charge < -0.3 is 14.5 Å². The summed E-state index contributed by atoms with van der Waals surface area (Å²) in [5.74, 6) is -2.44. The molecule has 1 amide bonds. The molecule has 0 spiro atoms. The summed E-state index contributed by atoms with van der Waals surface area (Å²) in [4.78, 5) is 28.1. The molecule has 10 heteroatoms. The Hall–Kier alpha value is -3.58. The first-order chi connectivity index (χ1) is 14.4. The van der Waals surface area contributed by atoms with Crippen LogP contribution in [-0.2, 0) is 20.7 Å². The Balaban J connectivity index is 1.51. The smallest absolute Gasteiger partial charge is 0.307 e. The van der Waals surface area contributed by atoms with Gasteiger partial charge in [0.2, 0.25) is 0 Å². The molecule has 1 unspecified atom stereocenters. The van der Waals surface area contributed by atoms with Crippen LogP contribution in [0, 0.1) is 23.0 Å². The number of nitrogens with zero attached hydrogens (tertiary/aromatic N) is 2. The van der Waals surface area contributed by atoms with Gasteiger partial charge in [0.1, 0.15) is 22.7 Å². The second-order valence-corrected chi connectivity index (χ2v) is 7.06. The van der Waals surface area contributed by atoms with Crippen LogP contribution in [0.2, 0.25) is 0 Å². The number of carbonyl (C=O) groups excluding carboxylic acids is 2. The number of aromatic nitrogens is 1. The zero-order valence-electron chi connectivity index (χ0n) is 15.6. The summed E-state index contributed by atoms with van der Waals surface area (Å²) in [5, 5.41) is 13.5. The number of carbonyl (C=O) groups is 2. The fourth-order valence-electron chi connectivity index (χ4n) is 2.47. The van der Waals surface area contributed by atoms with Gasteiger partial charge in [-0.25, -0.2) is 13.8 Å². The fourth-order valence-corrected chi connectivity index (χ4v) is 3.21. The number of halogens is 2. The number of ether oxygens (including phenoxy) is 1. The van der Waals surface area contributed by atoms with E-state index < -0.39 is 29.6 Å². The Kier molecular flexibility index (Phi) is 6.54. The molecule has 2 heterocycles. The van der Waals surface area contributed by atoms with Crippen molar-refractivity contribution in [1.82, 2.24) is 4.98 Å². The van der Waals surface area contributed by atoms with Gasteiger partial charge in [0, 0.05) is 12.5 Å². The molecule has 3 rings (SSSR count). The zero-order valence-corrected chi connectivity index (χ0v) is 16.5. The van der Waals surface area contributed by atoms with E-state index in [1.165, 1.54) is 30.5 Å². The lowest BCUT2D eigenvalue weighted by atomic mass is 10.2. The minimum absolute atomic E-state index is 0.0494. The number of benzene rings is 1. The summed E-state index contributed by atoms with van der Waals surface area (Å²) in [6.07, 6.45) is 0.159. The van der Waals surface area contributed by atoms with E-state index in [1.54, 1.807) is 11.4 Å². The van der Waals surface area contributed by atoms with Crippen molar-refractivity contribution in [2.75, 3.05) is 5.32 Å². The van der Waals surface area contributed by atoms with E-state index in [0.717, 1.165) is 12.1 Å². The van der Waals surface area contributed by atoms with Crippen LogP contribution in [0.1, 0.15) is 24.8 Å². The summed E-state index contributed by atoms with van der Waals surface area (Å²) < 4.78 is 37.3. The first kappa shape index (κ1) is 21.1. The molecule has 0 bridgehead atoms. The lowest BCUT2D eigenvalue weighted by Gasteiger charge is -2.12. The van der Waals surface area contributed by atoms with Gasteiger partial charge in [0.25, 0.3) is 5.91 Å². The summed E-state index contributed by atoms with van der Waals surface area (Å²) in [6.45, 7) is 1.41. The van der Waals surface area contributed by atoms with Gasteiger partial charge in [-0.3, -0.25) is 9.59 Å². The van der Waals surface area contributed by atoms with Crippen LogP contribution < -0.4 is 5.32 Å². The SMILES string of the molecule is CC(OC(=O)CCc1ncc(-c2ccc(F)cc2F)o1)C(=O)Nc1sccc1C#N. The van der Waals surface area contributed by atoms with Crippen LogP contribution >= 0.6 is 11.3 Å². The molecule has 1 aromatic carbocycles. The molecule has 154 valence electrons. The highest BCUT2D eigenvalue weighted by atomic mass is 32.1. The van der Waals surface area contributed by atoms with E-state index in [0.29, 0.717) is 10.6 Å². The monoisotopic (exact) mass is 431 g/mol. The van der Waals surface area contributed by atoms with E-state index in [2.05, 4.69) is 10.3 Å². The molecule has 7 nitrogen and oxygen atoms in total. The molecule has 0 saturated carbocycles. The minimum atomic E-state index is -1.07. The highest BCUT2D eigenvalue weighted by molar-refractivity contribution is 7.14. The summed E-state index contributed by atoms with van der Waals surface area (Å²) in [6, 6.07) is 6.58. The van der Waals surface area contributed by atoms with Crippen molar-refractivity contribution >= 4 is 28.2 Å². The number of nitrogens with one attached hydrogen (secondary N) is 1. The molecule has 0 saturated heterocycles. The molecular weight excluding hydrogens is 416 g/mol. The lowest BCUT2D eigenvalue weighted by molar-refractivity contribution is -0.153. The third-order valence-electron chi connectivity index (χ3n) is 3.99. The van der Waals surface area contributed by atoms with E-state index in [1.807, 2.05) is 6.07 Å². The van der Waals surface area contributed by atoms with Crippen molar-refractivity contribution < 1.29 is 27.5 Å². The number of esters is 1. The molecule has 1 N–H and O–H groups in total. The number of hydrogen-bond acceptors (Lipinski definition) is 7. The van der Waals surface area contributed by atoms with Crippen LogP contribution in [0.15, 0.2) is 40.3 Å². The maximum absolute atomic E-state index is 13.8. The summed E-state index contributed by atoms with van der Waals surface area (Å²) in [5.41, 5.74) is 0.373. The standard InChI is InChI=1S/C20H15F2N3O4S/c1-11(19(27)25-20-12(9-23)6-7-30-20)28-18(26)5-4-17-24-10-16(29-17)14-3-2-13(21)8-15(14)22/h2-3,6-8,10-11H,4-5H2,1H3,(H,25,27). The van der Waals surface area contributed by atoms with Gasteiger partial charge in [0.15, 0.2) is 17.8 Å². The van der Waals surface area contributed by atoms with Gasteiger partial charge >= 0.3 is 5.97 Å². The quantitative estimate of drug-likeness (QED) is 0.566. The highest BCUT2D eigenvalue weighted by Gasteiger charge is 2.20. The molecule has 30 heavy (non-hydrogen) atoms. The summed E-state index contributed by atoms with van der Waals surface area (Å²) in [7, 11) is 0. The van der Waals surface area contributed by atoms with Crippen LogP contribution in [0.25, 0.3) is 11.3 Å². The zero-order chi connectivity index (χ0) is 21.7. The number of thiophene rings is 1. The minimum Gasteiger partial charge on any atom is -0.453 e. The van der Waals surface area contributed by atoms with Crippen molar-refractivity contribution in [1.29, 1.82) is 5.26 Å². The summed E-state index contributed by atoms with van der Waals surface area (Å²) >= 11 is 1.19. The number of aryl methyl sites for hydroxylation is 1. The lowest BCUT2D eigenvalue weighted by Crippen LogP contribution is -2.30. The largest absolute Gasteiger partial charge is 0.453 e. The van der Waals surface area contributed by atoms with E-state index >= 15 is 0 Å². The number of rotatable bonds is 7. The first-order valence-electron chi connectivity index (χ1n) is 8.75. The topological polar surface area (TPSA) is 105 Å². The van der Waals surface area contributed by atoms with Crippen molar-refractivity contribution in [3.05, 3.63) is 58.9 Å². The van der Waals surface area contributed by atoms with Gasteiger partial charge in [-0.15, -0.1) is 11.3 Å². The Morgan fingerprint density at radius 2 is 2.17 bits per heavy atom. The molecule has 0 aliphatic heterocycles. The number of amides is 1. The van der Waals surface area contributed by atoms with Crippen molar-refractivity contribution in [3.63, 3.8) is 0 Å². The molecule has 0 radical (unpaired) electrons. The normalized spacial score (nSPS) is 11.5. The Morgan fingerprint density at radius 1 is 1.37 bits per heavy atom. The molecule has 0 aliphatic rings. The molecule has 2 aromatic heterocycles. The number of nitriles is 1. The number of hydrogen-bond donors (Lipinski definition) is 1. The van der Waals surface area contributed by atoms with E-state index in [9.17, 15) is 18.4 Å². The van der Waals surface area contributed by atoms with Crippen molar-refractivity contribution in [3.8, 4) is 17.4 Å². The van der Waals surface area contributed by atoms with Gasteiger partial charge in [-0.05, 0) is 30.5 Å². The first-order valence-corrected chi connectivity index (χ1v) is 9.63. The predicted octanol–water partition coefficient (Wildman–Crippen LogP) is 4.06. The van der Waals surface area contributed by atoms with Crippen molar-refractivity contribution in [2.24, 2.45) is 0 Å². The third kappa shape index (κ3) is 5.07. The fraction of sp³-hybridized carbons (Fsp3) is 0.200. The second-order valence-electron chi connectivity index (χ2n) is 6.14. The number of oxazole rings is 1. The van der Waals surface area contributed by atoms with Crippen LogP contribution in [0.4, 0.5) is 13.8 Å². The number of anilines is 1. The van der Waals surface area contributed by atoms with Crippen LogP contribution in [0.5, 0.6) is 0 Å². The van der Waals surface area contributed by atoms with E-state index in [-0.39, 0.29) is 30.1 Å². The Bertz CT molecular complexity index is 1120. The maximum atomic E-state index is 13.8. The average molecular weight is 431 g/mol. The average Bonchev–Trinajstić information content (AvgIpc) is 3.35. The van der Waals surface area contributed by atoms with Crippen molar-refractivity contribution in [2.45, 2.75) is 25.9 Å². The van der Waals surface area contributed by atoms with Crippen LogP contribution in [-0.4, -0.2) is 23.0 Å². The molecule has 1 atom stereocenters. The molecular formula is C20H15F2N3O4S. The van der Waals surface area contributed by atoms with Gasteiger partial charge in [0.05, 0.1) is 23.7 Å². The highest BCUT2D eigenvalue weighted by Crippen LogP contribution is 2.25. The molecule has 0 aliphatic carbocycles.